The molecule has 1 fully saturated rings. The SMILES string of the molecule is CC[C@H]1CCCCN1C(=O)COC(=O)/C=C/c1ccc([N+](=O)[O-])o1. The Balaban J connectivity index is 1.82. The molecule has 2 heterocycles. The minimum absolute atomic E-state index is 0.159. The fraction of sp³-hybridized carbons (Fsp3) is 0.500. The Hall–Kier alpha value is -2.64. The van der Waals surface area contributed by atoms with Crippen molar-refractivity contribution in [3.8, 4) is 0 Å². The summed E-state index contributed by atoms with van der Waals surface area (Å²) < 4.78 is 9.81. The average molecular weight is 336 g/mol. The van der Waals surface area contributed by atoms with E-state index in [1.807, 2.05) is 6.92 Å². The Morgan fingerprint density at radius 2 is 2.25 bits per heavy atom. The van der Waals surface area contributed by atoms with Crippen LogP contribution in [0.3, 0.4) is 0 Å². The van der Waals surface area contributed by atoms with Crippen LogP contribution in [0.25, 0.3) is 6.08 Å². The van der Waals surface area contributed by atoms with Gasteiger partial charge in [0, 0.05) is 18.7 Å². The molecule has 8 heteroatoms. The molecule has 1 aliphatic heterocycles. The molecule has 0 aromatic carbocycles. The number of hydrogen-bond donors (Lipinski definition) is 0. The van der Waals surface area contributed by atoms with Crippen molar-refractivity contribution in [1.82, 2.24) is 4.90 Å². The minimum Gasteiger partial charge on any atom is -0.452 e. The third-order valence-electron chi connectivity index (χ3n) is 3.93. The molecule has 1 atom stereocenters. The number of rotatable bonds is 6. The molecule has 130 valence electrons. The van der Waals surface area contributed by atoms with Crippen LogP contribution in [-0.2, 0) is 14.3 Å². The van der Waals surface area contributed by atoms with E-state index in [0.717, 1.165) is 31.8 Å². The number of esters is 1. The number of furan rings is 1. The maximum atomic E-state index is 12.2. The molecule has 1 amide bonds. The Labute approximate surface area is 139 Å². The van der Waals surface area contributed by atoms with Gasteiger partial charge in [0.05, 0.1) is 6.07 Å². The van der Waals surface area contributed by atoms with Gasteiger partial charge in [-0.2, -0.15) is 0 Å². The van der Waals surface area contributed by atoms with Crippen molar-refractivity contribution in [3.63, 3.8) is 0 Å². The Kier molecular flexibility index (Phi) is 6.11. The van der Waals surface area contributed by atoms with Crippen molar-refractivity contribution in [2.45, 2.75) is 38.6 Å². The molecule has 0 radical (unpaired) electrons. The predicted octanol–water partition coefficient (Wildman–Crippen LogP) is 2.54. The first-order chi connectivity index (χ1) is 11.5. The summed E-state index contributed by atoms with van der Waals surface area (Å²) in [5.41, 5.74) is 0. The van der Waals surface area contributed by atoms with Crippen molar-refractivity contribution in [2.75, 3.05) is 13.2 Å². The monoisotopic (exact) mass is 336 g/mol. The summed E-state index contributed by atoms with van der Waals surface area (Å²) in [6, 6.07) is 2.77. The summed E-state index contributed by atoms with van der Waals surface area (Å²) in [4.78, 5) is 35.4. The van der Waals surface area contributed by atoms with Gasteiger partial charge in [-0.05, 0) is 37.8 Å². The van der Waals surface area contributed by atoms with Crippen molar-refractivity contribution in [2.24, 2.45) is 0 Å². The van der Waals surface area contributed by atoms with E-state index in [1.165, 1.54) is 18.2 Å². The molecular weight excluding hydrogens is 316 g/mol. The standard InChI is InChI=1S/C16H20N2O6/c1-2-12-5-3-4-10-17(12)14(19)11-23-16(20)9-7-13-6-8-15(24-13)18(21)22/h6-9,12H,2-5,10-11H2,1H3/b9-7+/t12-/m0/s1. The van der Waals surface area contributed by atoms with Gasteiger partial charge in [0.2, 0.25) is 0 Å². The Bertz CT molecular complexity index is 636. The number of carbonyl (C=O) groups excluding carboxylic acids is 2. The topological polar surface area (TPSA) is 103 Å². The smallest absolute Gasteiger partial charge is 0.433 e. The van der Waals surface area contributed by atoms with Crippen LogP contribution < -0.4 is 0 Å². The second kappa shape index (κ2) is 8.28. The molecule has 1 aromatic rings. The van der Waals surface area contributed by atoms with Gasteiger partial charge in [0.25, 0.3) is 5.91 Å². The maximum Gasteiger partial charge on any atom is 0.433 e. The van der Waals surface area contributed by atoms with E-state index in [9.17, 15) is 19.7 Å². The van der Waals surface area contributed by atoms with E-state index in [4.69, 9.17) is 9.15 Å². The van der Waals surface area contributed by atoms with Gasteiger partial charge in [-0.15, -0.1) is 0 Å². The summed E-state index contributed by atoms with van der Waals surface area (Å²) in [5.74, 6) is -1.15. The van der Waals surface area contributed by atoms with Crippen molar-refractivity contribution < 1.29 is 23.7 Å². The maximum absolute atomic E-state index is 12.2. The highest BCUT2D eigenvalue weighted by Crippen LogP contribution is 2.19. The van der Waals surface area contributed by atoms with Crippen molar-refractivity contribution in [1.29, 1.82) is 0 Å². The fourth-order valence-electron chi connectivity index (χ4n) is 2.70. The van der Waals surface area contributed by atoms with Gasteiger partial charge in [0.1, 0.15) is 10.7 Å². The highest BCUT2D eigenvalue weighted by atomic mass is 16.6. The second-order valence-electron chi connectivity index (χ2n) is 5.52. The normalized spacial score (nSPS) is 17.9. The number of nitro groups is 1. The molecular formula is C16H20N2O6. The van der Waals surface area contributed by atoms with Crippen LogP contribution in [0.2, 0.25) is 0 Å². The van der Waals surface area contributed by atoms with Gasteiger partial charge < -0.3 is 14.1 Å². The van der Waals surface area contributed by atoms with E-state index in [0.29, 0.717) is 6.54 Å². The number of carbonyl (C=O) groups is 2. The average Bonchev–Trinajstić information content (AvgIpc) is 3.07. The number of amides is 1. The van der Waals surface area contributed by atoms with E-state index in [2.05, 4.69) is 0 Å². The van der Waals surface area contributed by atoms with Crippen LogP contribution in [0.5, 0.6) is 0 Å². The van der Waals surface area contributed by atoms with Gasteiger partial charge in [-0.1, -0.05) is 6.92 Å². The van der Waals surface area contributed by atoms with Crippen LogP contribution in [0.1, 0.15) is 38.4 Å². The molecule has 2 rings (SSSR count). The number of ether oxygens (including phenoxy) is 1. The van der Waals surface area contributed by atoms with Gasteiger partial charge in [-0.25, -0.2) is 4.79 Å². The molecule has 24 heavy (non-hydrogen) atoms. The molecule has 0 saturated carbocycles. The number of piperidine rings is 1. The largest absolute Gasteiger partial charge is 0.452 e. The number of hydrogen-bond acceptors (Lipinski definition) is 6. The highest BCUT2D eigenvalue weighted by Gasteiger charge is 2.25. The predicted molar refractivity (Wildman–Crippen MR) is 85.0 cm³/mol. The Morgan fingerprint density at radius 3 is 2.92 bits per heavy atom. The van der Waals surface area contributed by atoms with Gasteiger partial charge in [0.15, 0.2) is 6.61 Å². The van der Waals surface area contributed by atoms with Crippen LogP contribution in [0, 0.1) is 10.1 Å². The second-order valence-corrected chi connectivity index (χ2v) is 5.52. The third kappa shape index (κ3) is 4.68. The lowest BCUT2D eigenvalue weighted by Crippen LogP contribution is -2.45. The molecule has 1 aliphatic rings. The first-order valence-corrected chi connectivity index (χ1v) is 7.89. The number of nitrogens with zero attached hydrogens (tertiary/aromatic N) is 2. The van der Waals surface area contributed by atoms with E-state index >= 15 is 0 Å². The quantitative estimate of drug-likeness (QED) is 0.342. The number of likely N-dealkylation sites (tertiary alicyclic amines) is 1. The zero-order valence-electron chi connectivity index (χ0n) is 13.5. The van der Waals surface area contributed by atoms with E-state index < -0.39 is 16.8 Å². The van der Waals surface area contributed by atoms with Crippen LogP contribution >= 0.6 is 0 Å². The van der Waals surface area contributed by atoms with Gasteiger partial charge in [-0.3, -0.25) is 14.9 Å². The zero-order chi connectivity index (χ0) is 17.5. The molecule has 0 spiro atoms. The van der Waals surface area contributed by atoms with Crippen LogP contribution in [-0.4, -0.2) is 40.9 Å². The van der Waals surface area contributed by atoms with Crippen LogP contribution in [0.15, 0.2) is 22.6 Å². The summed E-state index contributed by atoms with van der Waals surface area (Å²) in [6.07, 6.45) is 6.27. The molecule has 0 N–H and O–H groups in total. The van der Waals surface area contributed by atoms with E-state index in [-0.39, 0.29) is 24.3 Å². The van der Waals surface area contributed by atoms with Gasteiger partial charge >= 0.3 is 11.9 Å². The molecule has 8 nitrogen and oxygen atoms in total. The minimum atomic E-state index is -0.701. The molecule has 0 bridgehead atoms. The van der Waals surface area contributed by atoms with Crippen LogP contribution in [0.4, 0.5) is 5.88 Å². The lowest BCUT2D eigenvalue weighted by molar-refractivity contribution is -0.402. The first-order valence-electron chi connectivity index (χ1n) is 7.89. The van der Waals surface area contributed by atoms with E-state index in [1.54, 1.807) is 4.90 Å². The Morgan fingerprint density at radius 1 is 1.46 bits per heavy atom. The summed E-state index contributed by atoms with van der Waals surface area (Å²) in [5, 5.41) is 10.5. The first kappa shape index (κ1) is 17.7. The van der Waals surface area contributed by atoms with Crippen molar-refractivity contribution in [3.05, 3.63) is 34.1 Å². The summed E-state index contributed by atoms with van der Waals surface area (Å²) >= 11 is 0. The lowest BCUT2D eigenvalue weighted by Gasteiger charge is -2.35. The summed E-state index contributed by atoms with van der Waals surface area (Å²) in [6.45, 7) is 2.42. The molecule has 1 aromatic heterocycles. The molecule has 0 aliphatic carbocycles. The molecule has 0 unspecified atom stereocenters. The third-order valence-corrected chi connectivity index (χ3v) is 3.93. The highest BCUT2D eigenvalue weighted by molar-refractivity contribution is 5.89. The fourth-order valence-corrected chi connectivity index (χ4v) is 2.70. The van der Waals surface area contributed by atoms with Crippen molar-refractivity contribution >= 4 is 23.8 Å². The summed E-state index contributed by atoms with van der Waals surface area (Å²) in [7, 11) is 0. The zero-order valence-corrected chi connectivity index (χ0v) is 13.5. The molecule has 1 saturated heterocycles. The lowest BCUT2D eigenvalue weighted by atomic mass is 10.00.